The third-order valence-corrected chi connectivity index (χ3v) is 5.41. The fraction of sp³-hybridized carbons (Fsp3) is 0.474. The van der Waals surface area contributed by atoms with Crippen LogP contribution in [0.2, 0.25) is 0 Å². The number of hydrogen-bond acceptors (Lipinski definition) is 5. The Labute approximate surface area is 180 Å². The van der Waals surface area contributed by atoms with Crippen LogP contribution < -0.4 is 15.5 Å². The number of nitrogens with two attached hydrogens (primary N) is 1. The number of anilines is 2. The highest BCUT2D eigenvalue weighted by molar-refractivity contribution is 5.85. The van der Waals surface area contributed by atoms with Gasteiger partial charge >= 0.3 is 6.18 Å². The van der Waals surface area contributed by atoms with E-state index in [1.807, 2.05) is 11.0 Å². The molecule has 1 aliphatic carbocycles. The van der Waals surface area contributed by atoms with E-state index in [1.54, 1.807) is 12.4 Å². The van der Waals surface area contributed by atoms with Crippen LogP contribution in [0.4, 0.5) is 24.7 Å². The van der Waals surface area contributed by atoms with E-state index < -0.39 is 11.7 Å². The number of alkyl halides is 3. The van der Waals surface area contributed by atoms with E-state index >= 15 is 0 Å². The Morgan fingerprint density at radius 2 is 1.59 bits per heavy atom. The van der Waals surface area contributed by atoms with Crippen LogP contribution in [0.15, 0.2) is 36.7 Å². The van der Waals surface area contributed by atoms with E-state index in [1.165, 1.54) is 12.1 Å². The molecule has 2 aromatic rings. The minimum atomic E-state index is -4.32. The molecule has 0 bridgehead atoms. The molecule has 10 heteroatoms. The molecule has 0 unspecified atom stereocenters. The third kappa shape index (κ3) is 5.24. The first kappa shape index (κ1) is 23.5. The van der Waals surface area contributed by atoms with Gasteiger partial charge in [-0.2, -0.15) is 13.2 Å². The van der Waals surface area contributed by atoms with Crippen molar-refractivity contribution in [2.24, 2.45) is 5.73 Å². The second kappa shape index (κ2) is 9.36. The SMILES string of the molecule is Cl.Cl.NC1CC(c2cc(N3CCN(c4cccc(C(F)(F)F)c4)CC3)ncn2)C1. The van der Waals surface area contributed by atoms with E-state index in [9.17, 15) is 13.2 Å². The van der Waals surface area contributed by atoms with Crippen molar-refractivity contribution in [2.45, 2.75) is 31.0 Å². The first-order valence-corrected chi connectivity index (χ1v) is 9.15. The summed E-state index contributed by atoms with van der Waals surface area (Å²) < 4.78 is 38.8. The molecule has 2 fully saturated rings. The molecule has 0 atom stereocenters. The van der Waals surface area contributed by atoms with Crippen molar-refractivity contribution in [1.29, 1.82) is 0 Å². The second-order valence-electron chi connectivity index (χ2n) is 7.25. The lowest BCUT2D eigenvalue weighted by atomic mass is 9.78. The summed E-state index contributed by atoms with van der Waals surface area (Å²) in [4.78, 5) is 12.9. The predicted molar refractivity (Wildman–Crippen MR) is 112 cm³/mol. The van der Waals surface area contributed by atoms with Gasteiger partial charge in [-0.25, -0.2) is 9.97 Å². The second-order valence-corrected chi connectivity index (χ2v) is 7.25. The van der Waals surface area contributed by atoms with Crippen LogP contribution in [0, 0.1) is 0 Å². The van der Waals surface area contributed by atoms with Crippen LogP contribution in [0.1, 0.15) is 30.0 Å². The summed E-state index contributed by atoms with van der Waals surface area (Å²) in [5.41, 5.74) is 6.89. The van der Waals surface area contributed by atoms with Crippen molar-refractivity contribution in [1.82, 2.24) is 9.97 Å². The van der Waals surface area contributed by atoms with E-state index in [4.69, 9.17) is 5.73 Å². The van der Waals surface area contributed by atoms with Gasteiger partial charge in [-0.15, -0.1) is 24.8 Å². The smallest absolute Gasteiger partial charge is 0.368 e. The maximum Gasteiger partial charge on any atom is 0.416 e. The number of rotatable bonds is 3. The number of halogens is 5. The molecule has 29 heavy (non-hydrogen) atoms. The van der Waals surface area contributed by atoms with Crippen molar-refractivity contribution < 1.29 is 13.2 Å². The molecule has 2 heterocycles. The van der Waals surface area contributed by atoms with Crippen LogP contribution >= 0.6 is 24.8 Å². The molecule has 1 saturated carbocycles. The zero-order valence-corrected chi connectivity index (χ0v) is 17.3. The van der Waals surface area contributed by atoms with Crippen LogP contribution in [0.3, 0.4) is 0 Å². The van der Waals surface area contributed by atoms with Gasteiger partial charge in [-0.3, -0.25) is 0 Å². The van der Waals surface area contributed by atoms with Crippen LogP contribution in [-0.2, 0) is 6.18 Å². The van der Waals surface area contributed by atoms with Gasteiger partial charge in [-0.05, 0) is 31.0 Å². The van der Waals surface area contributed by atoms with E-state index in [2.05, 4.69) is 14.9 Å². The summed E-state index contributed by atoms with van der Waals surface area (Å²) >= 11 is 0. The fourth-order valence-electron chi connectivity index (χ4n) is 3.73. The lowest BCUT2D eigenvalue weighted by Crippen LogP contribution is -2.47. The summed E-state index contributed by atoms with van der Waals surface area (Å²) in [6, 6.07) is 7.81. The van der Waals surface area contributed by atoms with Crippen molar-refractivity contribution in [2.75, 3.05) is 36.0 Å². The topological polar surface area (TPSA) is 58.3 Å². The molecule has 2 N–H and O–H groups in total. The average Bonchev–Trinajstić information content (AvgIpc) is 2.65. The Hall–Kier alpha value is -1.77. The molecule has 1 aromatic carbocycles. The lowest BCUT2D eigenvalue weighted by molar-refractivity contribution is -0.137. The summed E-state index contributed by atoms with van der Waals surface area (Å²) in [7, 11) is 0. The molecule has 1 aliphatic heterocycles. The molecule has 1 saturated heterocycles. The number of piperazine rings is 1. The summed E-state index contributed by atoms with van der Waals surface area (Å²) in [5.74, 6) is 1.29. The van der Waals surface area contributed by atoms with Crippen molar-refractivity contribution >= 4 is 36.3 Å². The molecular formula is C19H24Cl2F3N5. The first-order chi connectivity index (χ1) is 12.9. The minimum Gasteiger partial charge on any atom is -0.368 e. The maximum absolute atomic E-state index is 12.9. The molecule has 4 rings (SSSR count). The standard InChI is InChI=1S/C19H22F3N5.2ClH/c20-19(21,22)14-2-1-3-16(10-14)26-4-6-27(7-5-26)18-11-17(24-12-25-18)13-8-15(23)9-13;;/h1-3,10-13,15H,4-9,23H2;2*1H. The highest BCUT2D eigenvalue weighted by atomic mass is 35.5. The van der Waals surface area contributed by atoms with Gasteiger partial charge in [0.1, 0.15) is 12.1 Å². The summed E-state index contributed by atoms with van der Waals surface area (Å²) in [6.07, 6.45) is -0.813. The number of nitrogens with zero attached hydrogens (tertiary/aromatic N) is 4. The monoisotopic (exact) mass is 449 g/mol. The molecule has 0 spiro atoms. The Morgan fingerprint density at radius 3 is 2.21 bits per heavy atom. The minimum absolute atomic E-state index is 0. The molecule has 160 valence electrons. The highest BCUT2D eigenvalue weighted by Crippen LogP contribution is 2.35. The number of aromatic nitrogens is 2. The zero-order chi connectivity index (χ0) is 19.0. The summed E-state index contributed by atoms with van der Waals surface area (Å²) in [5, 5.41) is 0. The van der Waals surface area contributed by atoms with Gasteiger partial charge in [0, 0.05) is 55.6 Å². The molecule has 0 amide bonds. The van der Waals surface area contributed by atoms with E-state index in [0.29, 0.717) is 37.8 Å². The van der Waals surface area contributed by atoms with Gasteiger partial charge < -0.3 is 15.5 Å². The number of hydrogen-bond donors (Lipinski definition) is 1. The summed E-state index contributed by atoms with van der Waals surface area (Å²) in [6.45, 7) is 2.71. The van der Waals surface area contributed by atoms with Gasteiger partial charge in [-0.1, -0.05) is 6.07 Å². The molecule has 2 aliphatic rings. The Bertz CT molecular complexity index is 806. The molecule has 0 radical (unpaired) electrons. The normalized spacial score (nSPS) is 21.7. The Balaban J connectivity index is 0.00000150. The largest absolute Gasteiger partial charge is 0.416 e. The fourth-order valence-corrected chi connectivity index (χ4v) is 3.73. The zero-order valence-electron chi connectivity index (χ0n) is 15.7. The lowest BCUT2D eigenvalue weighted by Gasteiger charge is -2.37. The van der Waals surface area contributed by atoms with Gasteiger partial charge in [0.05, 0.1) is 5.56 Å². The van der Waals surface area contributed by atoms with Crippen molar-refractivity contribution in [3.05, 3.63) is 47.9 Å². The van der Waals surface area contributed by atoms with Gasteiger partial charge in [0.25, 0.3) is 0 Å². The maximum atomic E-state index is 12.9. The van der Waals surface area contributed by atoms with Crippen LogP contribution in [0.5, 0.6) is 0 Å². The van der Waals surface area contributed by atoms with Crippen molar-refractivity contribution in [3.8, 4) is 0 Å². The first-order valence-electron chi connectivity index (χ1n) is 9.15. The molecule has 5 nitrogen and oxygen atoms in total. The van der Waals surface area contributed by atoms with Gasteiger partial charge in [0.15, 0.2) is 0 Å². The third-order valence-electron chi connectivity index (χ3n) is 5.41. The van der Waals surface area contributed by atoms with Crippen LogP contribution in [0.25, 0.3) is 0 Å². The van der Waals surface area contributed by atoms with E-state index in [-0.39, 0.29) is 30.9 Å². The number of benzene rings is 1. The predicted octanol–water partition coefficient (Wildman–Crippen LogP) is 3.87. The molecule has 1 aromatic heterocycles. The Morgan fingerprint density at radius 1 is 0.931 bits per heavy atom. The quantitative estimate of drug-likeness (QED) is 0.770. The molecular weight excluding hydrogens is 426 g/mol. The van der Waals surface area contributed by atoms with Crippen molar-refractivity contribution in [3.63, 3.8) is 0 Å². The van der Waals surface area contributed by atoms with Gasteiger partial charge in [0.2, 0.25) is 0 Å². The van der Waals surface area contributed by atoms with Crippen LogP contribution in [-0.4, -0.2) is 42.2 Å². The van der Waals surface area contributed by atoms with E-state index in [0.717, 1.165) is 30.4 Å². The highest BCUT2D eigenvalue weighted by Gasteiger charge is 2.31. The Kier molecular flexibility index (Phi) is 7.59. The average molecular weight is 450 g/mol.